The first-order chi connectivity index (χ1) is 8.31. The molecule has 1 fully saturated rings. The molecule has 0 bridgehead atoms. The van der Waals surface area contributed by atoms with Crippen molar-refractivity contribution in [2.24, 2.45) is 5.73 Å². The molecule has 1 aliphatic rings. The van der Waals surface area contributed by atoms with E-state index in [0.717, 1.165) is 32.1 Å². The molecule has 1 saturated carbocycles. The summed E-state index contributed by atoms with van der Waals surface area (Å²) < 4.78 is 0. The van der Waals surface area contributed by atoms with Gasteiger partial charge in [-0.15, -0.1) is 0 Å². The van der Waals surface area contributed by atoms with Crippen molar-refractivity contribution >= 4 is 11.9 Å². The minimum absolute atomic E-state index is 0.0153. The number of nitrogens with one attached hydrogen (secondary N) is 1. The zero-order valence-electron chi connectivity index (χ0n) is 11.3. The molecule has 5 nitrogen and oxygen atoms in total. The highest BCUT2D eigenvalue weighted by atomic mass is 16.4. The van der Waals surface area contributed by atoms with Crippen molar-refractivity contribution in [3.63, 3.8) is 0 Å². The Bertz CT molecular complexity index is 320. The summed E-state index contributed by atoms with van der Waals surface area (Å²) >= 11 is 0. The van der Waals surface area contributed by atoms with Crippen LogP contribution < -0.4 is 11.1 Å². The maximum atomic E-state index is 12.1. The van der Waals surface area contributed by atoms with E-state index in [2.05, 4.69) is 5.32 Å². The van der Waals surface area contributed by atoms with E-state index in [9.17, 15) is 9.59 Å². The number of carbonyl (C=O) groups excluding carboxylic acids is 1. The van der Waals surface area contributed by atoms with Crippen LogP contribution in [0.5, 0.6) is 0 Å². The fraction of sp³-hybridized carbons (Fsp3) is 0.846. The smallest absolute Gasteiger partial charge is 0.305 e. The van der Waals surface area contributed by atoms with Crippen molar-refractivity contribution in [2.45, 2.75) is 69.9 Å². The summed E-state index contributed by atoms with van der Waals surface area (Å²) in [5, 5.41) is 11.9. The highest BCUT2D eigenvalue weighted by Gasteiger charge is 2.39. The second-order valence-corrected chi connectivity index (χ2v) is 5.64. The van der Waals surface area contributed by atoms with Gasteiger partial charge in [-0.25, -0.2) is 0 Å². The highest BCUT2D eigenvalue weighted by Crippen LogP contribution is 2.31. The number of hydrogen-bond donors (Lipinski definition) is 3. The van der Waals surface area contributed by atoms with Crippen LogP contribution in [0.3, 0.4) is 0 Å². The predicted molar refractivity (Wildman–Crippen MR) is 69.1 cm³/mol. The van der Waals surface area contributed by atoms with E-state index < -0.39 is 17.0 Å². The minimum Gasteiger partial charge on any atom is -0.481 e. The number of hydrogen-bond acceptors (Lipinski definition) is 3. The molecular formula is C13H24N2O3. The predicted octanol–water partition coefficient (Wildman–Crippen LogP) is 1.41. The van der Waals surface area contributed by atoms with Gasteiger partial charge in [0.25, 0.3) is 0 Å². The van der Waals surface area contributed by atoms with E-state index in [4.69, 9.17) is 10.8 Å². The molecule has 5 heteroatoms. The summed E-state index contributed by atoms with van der Waals surface area (Å²) in [6, 6.07) is 0. The molecule has 0 aliphatic heterocycles. The Morgan fingerprint density at radius 2 is 1.89 bits per heavy atom. The van der Waals surface area contributed by atoms with Crippen molar-refractivity contribution < 1.29 is 14.7 Å². The first kappa shape index (κ1) is 15.0. The van der Waals surface area contributed by atoms with Gasteiger partial charge in [0.05, 0.1) is 17.5 Å². The normalized spacial score (nSPS) is 21.9. The van der Waals surface area contributed by atoms with Gasteiger partial charge in [-0.1, -0.05) is 26.2 Å². The second kappa shape index (κ2) is 5.69. The SMILES string of the molecule is CCC(C)(N)C(=O)NC1(CC(=O)O)CCCCC1. The third-order valence-corrected chi connectivity index (χ3v) is 3.93. The number of carbonyl (C=O) groups is 2. The molecule has 1 unspecified atom stereocenters. The molecule has 18 heavy (non-hydrogen) atoms. The molecule has 0 heterocycles. The van der Waals surface area contributed by atoms with Gasteiger partial charge in [0.1, 0.15) is 0 Å². The van der Waals surface area contributed by atoms with E-state index >= 15 is 0 Å². The number of carboxylic acid groups (broad SMARTS) is 1. The van der Waals surface area contributed by atoms with Gasteiger partial charge >= 0.3 is 5.97 Å². The molecule has 0 saturated heterocycles. The molecule has 0 aromatic carbocycles. The van der Waals surface area contributed by atoms with E-state index in [0.29, 0.717) is 6.42 Å². The molecule has 104 valence electrons. The second-order valence-electron chi connectivity index (χ2n) is 5.64. The molecule has 4 N–H and O–H groups in total. The Labute approximate surface area is 108 Å². The van der Waals surface area contributed by atoms with Crippen LogP contribution in [0.2, 0.25) is 0 Å². The topological polar surface area (TPSA) is 92.4 Å². The zero-order valence-corrected chi connectivity index (χ0v) is 11.3. The van der Waals surface area contributed by atoms with Gasteiger partial charge in [0, 0.05) is 0 Å². The largest absolute Gasteiger partial charge is 0.481 e. The van der Waals surface area contributed by atoms with E-state index in [1.165, 1.54) is 0 Å². The van der Waals surface area contributed by atoms with Crippen molar-refractivity contribution in [1.29, 1.82) is 0 Å². The minimum atomic E-state index is -0.928. The third-order valence-electron chi connectivity index (χ3n) is 3.93. The lowest BCUT2D eigenvalue weighted by Gasteiger charge is -2.39. The molecular weight excluding hydrogens is 232 g/mol. The first-order valence-electron chi connectivity index (χ1n) is 6.65. The van der Waals surface area contributed by atoms with Gasteiger partial charge in [-0.2, -0.15) is 0 Å². The number of rotatable bonds is 5. The lowest BCUT2D eigenvalue weighted by Crippen LogP contribution is -2.60. The average molecular weight is 256 g/mol. The quantitative estimate of drug-likeness (QED) is 0.693. The summed E-state index contributed by atoms with van der Waals surface area (Å²) in [5.41, 5.74) is 4.38. The molecule has 0 spiro atoms. The standard InChI is InChI=1S/C13H24N2O3/c1-3-12(2,14)11(18)15-13(9-10(16)17)7-5-4-6-8-13/h3-9,14H2,1-2H3,(H,15,18)(H,16,17). The molecule has 1 aliphatic carbocycles. The maximum absolute atomic E-state index is 12.1. The van der Waals surface area contributed by atoms with Gasteiger partial charge in [-0.3, -0.25) is 9.59 Å². The Balaban J connectivity index is 2.78. The van der Waals surface area contributed by atoms with Crippen LogP contribution in [-0.2, 0) is 9.59 Å². The van der Waals surface area contributed by atoms with Gasteiger partial charge in [-0.05, 0) is 26.2 Å². The van der Waals surface area contributed by atoms with Gasteiger partial charge < -0.3 is 16.2 Å². The summed E-state index contributed by atoms with van der Waals surface area (Å²) in [6.07, 6.45) is 4.99. The van der Waals surface area contributed by atoms with Crippen LogP contribution in [0.4, 0.5) is 0 Å². The monoisotopic (exact) mass is 256 g/mol. The summed E-state index contributed by atoms with van der Waals surface area (Å²) in [4.78, 5) is 23.1. The van der Waals surface area contributed by atoms with Crippen LogP contribution in [0, 0.1) is 0 Å². The molecule has 1 atom stereocenters. The van der Waals surface area contributed by atoms with E-state index in [1.54, 1.807) is 6.92 Å². The first-order valence-corrected chi connectivity index (χ1v) is 6.65. The van der Waals surface area contributed by atoms with Crippen LogP contribution >= 0.6 is 0 Å². The molecule has 1 amide bonds. The Morgan fingerprint density at radius 1 is 1.33 bits per heavy atom. The lowest BCUT2D eigenvalue weighted by molar-refractivity contribution is -0.140. The summed E-state index contributed by atoms with van der Waals surface area (Å²) in [7, 11) is 0. The summed E-state index contributed by atoms with van der Waals surface area (Å²) in [6.45, 7) is 3.53. The van der Waals surface area contributed by atoms with Crippen molar-refractivity contribution in [1.82, 2.24) is 5.32 Å². The van der Waals surface area contributed by atoms with E-state index in [-0.39, 0.29) is 12.3 Å². The van der Waals surface area contributed by atoms with Crippen LogP contribution in [0.1, 0.15) is 58.8 Å². The Kier molecular flexibility index (Phi) is 4.73. The molecule has 1 rings (SSSR count). The lowest BCUT2D eigenvalue weighted by atomic mass is 9.78. The number of carboxylic acids is 1. The Morgan fingerprint density at radius 3 is 2.33 bits per heavy atom. The van der Waals surface area contributed by atoms with E-state index in [1.807, 2.05) is 6.92 Å². The number of amides is 1. The van der Waals surface area contributed by atoms with Crippen LogP contribution in [0.15, 0.2) is 0 Å². The maximum Gasteiger partial charge on any atom is 0.305 e. The molecule has 0 aromatic heterocycles. The zero-order chi connectivity index (χ0) is 13.8. The highest BCUT2D eigenvalue weighted by molar-refractivity contribution is 5.86. The van der Waals surface area contributed by atoms with Crippen LogP contribution in [-0.4, -0.2) is 28.1 Å². The number of aliphatic carboxylic acids is 1. The summed E-state index contributed by atoms with van der Waals surface area (Å²) in [5.74, 6) is -1.11. The fourth-order valence-corrected chi connectivity index (χ4v) is 2.41. The van der Waals surface area contributed by atoms with Crippen molar-refractivity contribution in [3.05, 3.63) is 0 Å². The molecule has 0 radical (unpaired) electrons. The number of nitrogens with two attached hydrogens (primary N) is 1. The van der Waals surface area contributed by atoms with Crippen LogP contribution in [0.25, 0.3) is 0 Å². The van der Waals surface area contributed by atoms with Crippen molar-refractivity contribution in [3.8, 4) is 0 Å². The Hall–Kier alpha value is -1.10. The van der Waals surface area contributed by atoms with Gasteiger partial charge in [0.15, 0.2) is 0 Å². The fourth-order valence-electron chi connectivity index (χ4n) is 2.41. The molecule has 0 aromatic rings. The van der Waals surface area contributed by atoms with Crippen molar-refractivity contribution in [2.75, 3.05) is 0 Å². The third kappa shape index (κ3) is 3.70. The average Bonchev–Trinajstić information content (AvgIpc) is 2.28. The van der Waals surface area contributed by atoms with Gasteiger partial charge in [0.2, 0.25) is 5.91 Å².